The van der Waals surface area contributed by atoms with Crippen LogP contribution in [0.2, 0.25) is 0 Å². The third-order valence-corrected chi connectivity index (χ3v) is 3.06. The average Bonchev–Trinajstić information content (AvgIpc) is 2.52. The predicted octanol–water partition coefficient (Wildman–Crippen LogP) is 3.06. The Morgan fingerprint density at radius 2 is 1.85 bits per heavy atom. The minimum absolute atomic E-state index is 0.0495. The number of aliphatic hydroxyl groups excluding tert-OH is 1. The highest BCUT2D eigenvalue weighted by Gasteiger charge is 2.04. The third kappa shape index (κ3) is 3.84. The molecule has 0 fully saturated rings. The monoisotopic (exact) mass is 267 g/mol. The molecule has 0 aliphatic rings. The van der Waals surface area contributed by atoms with E-state index in [-0.39, 0.29) is 6.61 Å². The number of ether oxygens (including phenoxy) is 1. The first-order valence-electron chi connectivity index (χ1n) is 6.64. The average molecular weight is 267 g/mol. The normalized spacial score (nSPS) is 10.0. The Hall–Kier alpha value is -2.31. The lowest BCUT2D eigenvalue weighted by atomic mass is 10.1. The first-order chi connectivity index (χ1) is 9.83. The number of aryl methyl sites for hydroxylation is 1. The van der Waals surface area contributed by atoms with Crippen LogP contribution in [0.4, 0.5) is 0 Å². The van der Waals surface area contributed by atoms with Gasteiger partial charge in [-0.3, -0.25) is 0 Å². The molecule has 0 heterocycles. The highest BCUT2D eigenvalue weighted by Crippen LogP contribution is 2.20. The molecule has 20 heavy (non-hydrogen) atoms. The molecule has 2 aromatic carbocycles. The number of hydrogen-bond donors (Lipinski definition) is 1. The van der Waals surface area contributed by atoms with E-state index in [0.717, 1.165) is 18.4 Å². The van der Waals surface area contributed by atoms with E-state index in [2.05, 4.69) is 18.2 Å². The predicted molar refractivity (Wildman–Crippen MR) is 77.3 cm³/mol. The van der Waals surface area contributed by atoms with E-state index in [1.807, 2.05) is 18.2 Å². The Labute approximate surface area is 119 Å². The SMILES string of the molecule is N#Cc1ccc(CO)cc1OCCCc1ccccc1. The molecule has 3 heteroatoms. The summed E-state index contributed by atoms with van der Waals surface area (Å²) in [5.74, 6) is 0.548. The van der Waals surface area contributed by atoms with Crippen LogP contribution in [0.5, 0.6) is 5.75 Å². The van der Waals surface area contributed by atoms with Gasteiger partial charge in [0.2, 0.25) is 0 Å². The van der Waals surface area contributed by atoms with Gasteiger partial charge in [-0.15, -0.1) is 0 Å². The van der Waals surface area contributed by atoms with E-state index in [4.69, 9.17) is 15.1 Å². The maximum atomic E-state index is 9.11. The molecular weight excluding hydrogens is 250 g/mol. The van der Waals surface area contributed by atoms with Crippen molar-refractivity contribution in [1.29, 1.82) is 5.26 Å². The molecule has 0 saturated heterocycles. The highest BCUT2D eigenvalue weighted by atomic mass is 16.5. The van der Waals surface area contributed by atoms with E-state index in [1.54, 1.807) is 18.2 Å². The van der Waals surface area contributed by atoms with Gasteiger partial charge in [0.05, 0.1) is 18.8 Å². The number of hydrogen-bond acceptors (Lipinski definition) is 3. The molecule has 0 saturated carbocycles. The topological polar surface area (TPSA) is 53.2 Å². The van der Waals surface area contributed by atoms with E-state index < -0.39 is 0 Å². The van der Waals surface area contributed by atoms with Gasteiger partial charge in [-0.05, 0) is 36.1 Å². The van der Waals surface area contributed by atoms with Crippen molar-refractivity contribution in [2.24, 2.45) is 0 Å². The van der Waals surface area contributed by atoms with E-state index in [1.165, 1.54) is 5.56 Å². The Balaban J connectivity index is 1.89. The van der Waals surface area contributed by atoms with Crippen LogP contribution in [-0.4, -0.2) is 11.7 Å². The van der Waals surface area contributed by atoms with Crippen molar-refractivity contribution >= 4 is 0 Å². The summed E-state index contributed by atoms with van der Waals surface area (Å²) in [6.45, 7) is 0.505. The molecule has 0 aliphatic carbocycles. The molecule has 0 bridgehead atoms. The number of rotatable bonds is 6. The summed E-state index contributed by atoms with van der Waals surface area (Å²) < 4.78 is 5.66. The Morgan fingerprint density at radius 3 is 2.55 bits per heavy atom. The van der Waals surface area contributed by atoms with E-state index in [0.29, 0.717) is 17.9 Å². The van der Waals surface area contributed by atoms with Crippen molar-refractivity contribution in [3.8, 4) is 11.8 Å². The van der Waals surface area contributed by atoms with Crippen LogP contribution in [0.3, 0.4) is 0 Å². The fourth-order valence-electron chi connectivity index (χ4n) is 1.98. The summed E-state index contributed by atoms with van der Waals surface area (Å²) in [5, 5.41) is 18.1. The minimum Gasteiger partial charge on any atom is -0.492 e. The van der Waals surface area contributed by atoms with Crippen LogP contribution in [0.1, 0.15) is 23.1 Å². The van der Waals surface area contributed by atoms with Crippen molar-refractivity contribution < 1.29 is 9.84 Å². The fourth-order valence-corrected chi connectivity index (χ4v) is 1.98. The van der Waals surface area contributed by atoms with Crippen molar-refractivity contribution in [1.82, 2.24) is 0 Å². The molecule has 0 spiro atoms. The lowest BCUT2D eigenvalue weighted by molar-refractivity contribution is 0.278. The summed E-state index contributed by atoms with van der Waals surface area (Å²) in [5.41, 5.74) is 2.53. The maximum Gasteiger partial charge on any atom is 0.137 e. The van der Waals surface area contributed by atoms with Crippen LogP contribution in [0.25, 0.3) is 0 Å². The summed E-state index contributed by atoms with van der Waals surface area (Å²) in [7, 11) is 0. The largest absolute Gasteiger partial charge is 0.492 e. The van der Waals surface area contributed by atoms with Crippen molar-refractivity contribution in [2.75, 3.05) is 6.61 Å². The molecule has 0 aromatic heterocycles. The van der Waals surface area contributed by atoms with Gasteiger partial charge in [-0.1, -0.05) is 36.4 Å². The number of nitrogens with zero attached hydrogens (tertiary/aromatic N) is 1. The van der Waals surface area contributed by atoms with Crippen LogP contribution in [0, 0.1) is 11.3 Å². The van der Waals surface area contributed by atoms with Crippen LogP contribution >= 0.6 is 0 Å². The van der Waals surface area contributed by atoms with Gasteiger partial charge in [0.15, 0.2) is 0 Å². The third-order valence-electron chi connectivity index (χ3n) is 3.06. The molecule has 2 aromatic rings. The minimum atomic E-state index is -0.0495. The van der Waals surface area contributed by atoms with Crippen LogP contribution < -0.4 is 4.74 Å². The van der Waals surface area contributed by atoms with Crippen molar-refractivity contribution in [2.45, 2.75) is 19.4 Å². The molecule has 0 atom stereocenters. The number of benzene rings is 2. The summed E-state index contributed by atoms with van der Waals surface area (Å²) in [4.78, 5) is 0. The van der Waals surface area contributed by atoms with Gasteiger partial charge in [0, 0.05) is 0 Å². The summed E-state index contributed by atoms with van der Waals surface area (Å²) >= 11 is 0. The molecule has 0 unspecified atom stereocenters. The van der Waals surface area contributed by atoms with Crippen LogP contribution in [0.15, 0.2) is 48.5 Å². The second-order valence-electron chi connectivity index (χ2n) is 4.54. The zero-order valence-electron chi connectivity index (χ0n) is 11.2. The number of aliphatic hydroxyl groups is 1. The standard InChI is InChI=1S/C17H17NO2/c18-12-16-9-8-15(13-19)11-17(16)20-10-4-7-14-5-2-1-3-6-14/h1-3,5-6,8-9,11,19H,4,7,10,13H2. The summed E-state index contributed by atoms with van der Waals surface area (Å²) in [6.07, 6.45) is 1.83. The molecule has 102 valence electrons. The lowest BCUT2D eigenvalue weighted by Crippen LogP contribution is -2.01. The van der Waals surface area contributed by atoms with Crippen molar-refractivity contribution in [3.05, 3.63) is 65.2 Å². The smallest absolute Gasteiger partial charge is 0.137 e. The quantitative estimate of drug-likeness (QED) is 0.818. The van der Waals surface area contributed by atoms with Gasteiger partial charge >= 0.3 is 0 Å². The van der Waals surface area contributed by atoms with Crippen LogP contribution in [-0.2, 0) is 13.0 Å². The highest BCUT2D eigenvalue weighted by molar-refractivity contribution is 5.45. The van der Waals surface area contributed by atoms with Gasteiger partial charge in [0.1, 0.15) is 11.8 Å². The maximum absolute atomic E-state index is 9.11. The molecule has 0 aliphatic heterocycles. The van der Waals surface area contributed by atoms with Gasteiger partial charge in [0.25, 0.3) is 0 Å². The van der Waals surface area contributed by atoms with Gasteiger partial charge < -0.3 is 9.84 Å². The molecule has 3 nitrogen and oxygen atoms in total. The molecule has 0 radical (unpaired) electrons. The summed E-state index contributed by atoms with van der Waals surface area (Å²) in [6, 6.07) is 17.5. The molecular formula is C17H17NO2. The first-order valence-corrected chi connectivity index (χ1v) is 6.64. The Morgan fingerprint density at radius 1 is 1.05 bits per heavy atom. The first kappa shape index (κ1) is 14.1. The van der Waals surface area contributed by atoms with E-state index in [9.17, 15) is 0 Å². The zero-order valence-corrected chi connectivity index (χ0v) is 11.2. The van der Waals surface area contributed by atoms with Gasteiger partial charge in [-0.25, -0.2) is 0 Å². The van der Waals surface area contributed by atoms with Gasteiger partial charge in [-0.2, -0.15) is 5.26 Å². The lowest BCUT2D eigenvalue weighted by Gasteiger charge is -2.09. The number of nitriles is 1. The second-order valence-corrected chi connectivity index (χ2v) is 4.54. The molecule has 0 amide bonds. The van der Waals surface area contributed by atoms with E-state index >= 15 is 0 Å². The Bertz CT molecular complexity index is 588. The molecule has 1 N–H and O–H groups in total. The zero-order chi connectivity index (χ0) is 14.2. The Kier molecular flexibility index (Phi) is 5.16. The van der Waals surface area contributed by atoms with Crippen molar-refractivity contribution in [3.63, 3.8) is 0 Å². The molecule has 2 rings (SSSR count). The fraction of sp³-hybridized carbons (Fsp3) is 0.235. The second kappa shape index (κ2) is 7.32.